The van der Waals surface area contributed by atoms with Gasteiger partial charge in [0.25, 0.3) is 0 Å². The first-order valence-corrected chi connectivity index (χ1v) is 19.8. The molecule has 48 heavy (non-hydrogen) atoms. The Morgan fingerprint density at radius 1 is 0.667 bits per heavy atom. The summed E-state index contributed by atoms with van der Waals surface area (Å²) in [6.45, 7) is 3.19. The molecule has 0 aromatic heterocycles. The van der Waals surface area contributed by atoms with Crippen LogP contribution >= 0.6 is 7.82 Å². The van der Waals surface area contributed by atoms with Gasteiger partial charge in [0.15, 0.2) is 0 Å². The molecule has 3 unspecified atom stereocenters. The van der Waals surface area contributed by atoms with Gasteiger partial charge in [-0.05, 0) is 70.6 Å². The summed E-state index contributed by atoms with van der Waals surface area (Å²) in [5.41, 5.74) is 0. The van der Waals surface area contributed by atoms with Crippen LogP contribution in [0.2, 0.25) is 0 Å². The SMILES string of the molecule is CC/C=C\C/C=C\C/C=C\C/C=C\CCCOCC(COP(=O)(O)OCC(O)CO)OC(=O)CCCCCCC/C=C\CCCCCC. The summed E-state index contributed by atoms with van der Waals surface area (Å²) in [7, 11) is -4.53. The number of rotatable bonds is 34. The lowest BCUT2D eigenvalue weighted by Gasteiger charge is -2.20. The third kappa shape index (κ3) is 34.0. The van der Waals surface area contributed by atoms with Gasteiger partial charge >= 0.3 is 13.8 Å². The molecule has 278 valence electrons. The van der Waals surface area contributed by atoms with E-state index in [-0.39, 0.29) is 13.0 Å². The van der Waals surface area contributed by atoms with Crippen molar-refractivity contribution in [2.45, 2.75) is 142 Å². The second-order valence-electron chi connectivity index (χ2n) is 11.9. The maximum absolute atomic E-state index is 12.5. The van der Waals surface area contributed by atoms with Crippen LogP contribution in [0.1, 0.15) is 129 Å². The van der Waals surface area contributed by atoms with Crippen LogP contribution in [0.4, 0.5) is 0 Å². The Balaban J connectivity index is 4.38. The quantitative estimate of drug-likeness (QED) is 0.0260. The van der Waals surface area contributed by atoms with Gasteiger partial charge in [-0.15, -0.1) is 0 Å². The van der Waals surface area contributed by atoms with Crippen molar-refractivity contribution < 1.29 is 43.0 Å². The molecule has 0 rings (SSSR count). The number of hydrogen-bond acceptors (Lipinski definition) is 8. The van der Waals surface area contributed by atoms with Gasteiger partial charge in [-0.25, -0.2) is 4.57 Å². The highest BCUT2D eigenvalue weighted by molar-refractivity contribution is 7.47. The number of esters is 1. The molecule has 0 fully saturated rings. The first-order chi connectivity index (χ1) is 23.3. The topological polar surface area (TPSA) is 132 Å². The maximum Gasteiger partial charge on any atom is 0.472 e. The van der Waals surface area contributed by atoms with E-state index in [0.29, 0.717) is 13.0 Å². The molecule has 0 amide bonds. The zero-order valence-electron chi connectivity index (χ0n) is 29.9. The average Bonchev–Trinajstić information content (AvgIpc) is 3.07. The summed E-state index contributed by atoms with van der Waals surface area (Å²) in [6.07, 6.45) is 37.6. The monoisotopic (exact) mass is 698 g/mol. The summed E-state index contributed by atoms with van der Waals surface area (Å²) in [5, 5.41) is 18.3. The number of aliphatic hydroxyl groups is 2. The van der Waals surface area contributed by atoms with Gasteiger partial charge in [0.1, 0.15) is 12.2 Å². The fourth-order valence-electron chi connectivity index (χ4n) is 4.41. The third-order valence-electron chi connectivity index (χ3n) is 7.19. The lowest BCUT2D eigenvalue weighted by molar-refractivity contribution is -0.154. The molecule has 0 bridgehead atoms. The second-order valence-corrected chi connectivity index (χ2v) is 13.3. The maximum atomic E-state index is 12.5. The Morgan fingerprint density at radius 3 is 1.81 bits per heavy atom. The summed E-state index contributed by atoms with van der Waals surface area (Å²) >= 11 is 0. The van der Waals surface area contributed by atoms with Crippen molar-refractivity contribution in [2.24, 2.45) is 0 Å². The number of carbonyl (C=O) groups excluding carboxylic acids is 1. The van der Waals surface area contributed by atoms with Crippen molar-refractivity contribution >= 4 is 13.8 Å². The first-order valence-electron chi connectivity index (χ1n) is 18.3. The van der Waals surface area contributed by atoms with Gasteiger partial charge in [0, 0.05) is 13.0 Å². The van der Waals surface area contributed by atoms with Gasteiger partial charge in [-0.1, -0.05) is 113 Å². The van der Waals surface area contributed by atoms with Crippen molar-refractivity contribution in [3.63, 3.8) is 0 Å². The summed E-state index contributed by atoms with van der Waals surface area (Å²) in [4.78, 5) is 22.4. The summed E-state index contributed by atoms with van der Waals surface area (Å²) in [5.74, 6) is -0.414. The standard InChI is InChI=1S/C38H67O9P/c1-3-5-7-9-11-13-15-17-19-21-23-25-27-29-31-44-34-37(35-46-48(42,43)45-33-36(40)32-39)47-38(41)30-28-26-24-22-20-18-16-14-12-10-8-6-4-2/h5,7,11,13-14,16-17,19,23,25,36-37,39-40H,3-4,6,8-10,12,15,18,20-22,24,26-35H2,1-2H3,(H,42,43)/b7-5-,13-11-,16-14-,19-17-,25-23-. The van der Waals surface area contributed by atoms with E-state index >= 15 is 0 Å². The Morgan fingerprint density at radius 2 is 1.19 bits per heavy atom. The predicted octanol–water partition coefficient (Wildman–Crippen LogP) is 9.24. The van der Waals surface area contributed by atoms with Crippen molar-refractivity contribution in [2.75, 3.05) is 33.0 Å². The number of aliphatic hydroxyl groups excluding tert-OH is 2. The molecule has 0 spiro atoms. The summed E-state index contributed by atoms with van der Waals surface area (Å²) in [6, 6.07) is 0. The molecule has 3 N–H and O–H groups in total. The number of allylic oxidation sites excluding steroid dienone is 10. The molecule has 0 heterocycles. The Bertz CT molecular complexity index is 929. The molecule has 0 saturated carbocycles. The minimum absolute atomic E-state index is 0.00529. The Hall–Kier alpha value is -1.84. The predicted molar refractivity (Wildman–Crippen MR) is 196 cm³/mol. The van der Waals surface area contributed by atoms with Crippen LogP contribution in [0, 0.1) is 0 Å². The first kappa shape index (κ1) is 46.2. The number of unbranched alkanes of at least 4 members (excludes halogenated alkanes) is 10. The van der Waals surface area contributed by atoms with Crippen LogP contribution < -0.4 is 0 Å². The molecular formula is C38H67O9P. The van der Waals surface area contributed by atoms with Gasteiger partial charge in [-0.3, -0.25) is 13.8 Å². The van der Waals surface area contributed by atoms with E-state index in [9.17, 15) is 19.4 Å². The zero-order valence-corrected chi connectivity index (χ0v) is 30.8. The average molecular weight is 699 g/mol. The van der Waals surface area contributed by atoms with Crippen molar-refractivity contribution in [3.05, 3.63) is 60.8 Å². The number of ether oxygens (including phenoxy) is 2. The van der Waals surface area contributed by atoms with Crippen molar-refractivity contribution in [1.29, 1.82) is 0 Å². The lowest BCUT2D eigenvalue weighted by atomic mass is 10.1. The fraction of sp³-hybridized carbons (Fsp3) is 0.711. The van der Waals surface area contributed by atoms with E-state index in [1.807, 2.05) is 0 Å². The highest BCUT2D eigenvalue weighted by atomic mass is 31.2. The molecular weight excluding hydrogens is 631 g/mol. The molecule has 0 aliphatic heterocycles. The number of hydrogen-bond donors (Lipinski definition) is 3. The minimum atomic E-state index is -4.53. The largest absolute Gasteiger partial charge is 0.472 e. The molecule has 0 aromatic rings. The van der Waals surface area contributed by atoms with Crippen LogP contribution in [0.5, 0.6) is 0 Å². The van der Waals surface area contributed by atoms with E-state index in [1.54, 1.807) is 0 Å². The number of carbonyl (C=O) groups is 1. The van der Waals surface area contributed by atoms with Gasteiger partial charge in [-0.2, -0.15) is 0 Å². The lowest BCUT2D eigenvalue weighted by Crippen LogP contribution is -2.29. The normalized spacial score (nSPS) is 15.0. The van der Waals surface area contributed by atoms with E-state index in [1.165, 1.54) is 32.1 Å². The van der Waals surface area contributed by atoms with Crippen molar-refractivity contribution in [3.8, 4) is 0 Å². The highest BCUT2D eigenvalue weighted by Crippen LogP contribution is 2.43. The zero-order chi connectivity index (χ0) is 35.4. The van der Waals surface area contributed by atoms with Crippen LogP contribution in [0.25, 0.3) is 0 Å². The minimum Gasteiger partial charge on any atom is -0.457 e. The fourth-order valence-corrected chi connectivity index (χ4v) is 5.20. The van der Waals surface area contributed by atoms with E-state index in [2.05, 4.69) is 74.6 Å². The highest BCUT2D eigenvalue weighted by Gasteiger charge is 2.26. The van der Waals surface area contributed by atoms with E-state index in [4.69, 9.17) is 23.6 Å². The van der Waals surface area contributed by atoms with Gasteiger partial charge < -0.3 is 24.6 Å². The molecule has 0 aliphatic carbocycles. The van der Waals surface area contributed by atoms with Crippen LogP contribution in [-0.4, -0.2) is 66.3 Å². The third-order valence-corrected chi connectivity index (χ3v) is 8.14. The summed E-state index contributed by atoms with van der Waals surface area (Å²) < 4.78 is 33.1. The molecule has 10 heteroatoms. The molecule has 0 aliphatic rings. The van der Waals surface area contributed by atoms with Gasteiger partial charge in [0.2, 0.25) is 0 Å². The van der Waals surface area contributed by atoms with Crippen LogP contribution in [0.15, 0.2) is 60.8 Å². The van der Waals surface area contributed by atoms with E-state index in [0.717, 1.165) is 70.6 Å². The smallest absolute Gasteiger partial charge is 0.457 e. The second kappa shape index (κ2) is 35.0. The van der Waals surface area contributed by atoms with Gasteiger partial charge in [0.05, 0.1) is 26.4 Å². The molecule has 9 nitrogen and oxygen atoms in total. The van der Waals surface area contributed by atoms with Crippen LogP contribution in [0.3, 0.4) is 0 Å². The number of phosphoric ester groups is 1. The molecule has 0 radical (unpaired) electrons. The Labute approximate surface area is 291 Å². The molecule has 3 atom stereocenters. The van der Waals surface area contributed by atoms with E-state index < -0.39 is 45.8 Å². The number of phosphoric acid groups is 1. The molecule has 0 saturated heterocycles. The Kier molecular flexibility index (Phi) is 33.7. The van der Waals surface area contributed by atoms with Crippen molar-refractivity contribution in [1.82, 2.24) is 0 Å². The molecule has 0 aromatic carbocycles. The van der Waals surface area contributed by atoms with Crippen LogP contribution in [-0.2, 0) is 27.9 Å².